The molecule has 7 heteroatoms. The number of hydrogen-bond donors (Lipinski definition) is 0. The molecule has 42 heavy (non-hydrogen) atoms. The third-order valence-electron chi connectivity index (χ3n) is 8.06. The molecule has 5 aromatic heterocycles. The van der Waals surface area contributed by atoms with Gasteiger partial charge < -0.3 is 4.74 Å². The Hall–Kier alpha value is -5.30. The van der Waals surface area contributed by atoms with Crippen LogP contribution in [0.5, 0.6) is 11.5 Å². The normalized spacial score (nSPS) is 12.0. The molecule has 0 saturated carbocycles. The van der Waals surface area contributed by atoms with Crippen LogP contribution in [-0.4, -0.2) is 29.1 Å². The fourth-order valence-corrected chi connectivity index (χ4v) is 6.05. The highest BCUT2D eigenvalue weighted by atomic mass is 16.5. The van der Waals surface area contributed by atoms with E-state index in [2.05, 4.69) is 66.8 Å². The Bertz CT molecular complexity index is 2310. The molecule has 0 bridgehead atoms. The molecule has 0 aliphatic heterocycles. The Kier molecular flexibility index (Phi) is 5.31. The van der Waals surface area contributed by atoms with E-state index in [9.17, 15) is 0 Å². The predicted octanol–water partition coefficient (Wildman–Crippen LogP) is 8.46. The van der Waals surface area contributed by atoms with Gasteiger partial charge in [0.15, 0.2) is 5.75 Å². The van der Waals surface area contributed by atoms with Gasteiger partial charge in [-0.05, 0) is 55.7 Å². The summed E-state index contributed by atoms with van der Waals surface area (Å²) in [6.45, 7) is 8.40. The smallest absolute Gasteiger partial charge is 0.150 e. The summed E-state index contributed by atoms with van der Waals surface area (Å²) in [7, 11) is 0. The van der Waals surface area contributed by atoms with Crippen molar-refractivity contribution in [1.82, 2.24) is 29.1 Å². The van der Waals surface area contributed by atoms with E-state index in [4.69, 9.17) is 24.8 Å². The summed E-state index contributed by atoms with van der Waals surface area (Å²) in [4.78, 5) is 14.9. The van der Waals surface area contributed by atoms with Crippen LogP contribution in [0.4, 0.5) is 0 Å². The molecule has 7 nitrogen and oxygen atoms in total. The molecule has 0 radical (unpaired) electrons. The number of ether oxygens (including phenoxy) is 1. The first kappa shape index (κ1) is 24.5. The quantitative estimate of drug-likeness (QED) is 0.206. The minimum Gasteiger partial charge on any atom is -0.454 e. The highest BCUT2D eigenvalue weighted by Crippen LogP contribution is 2.38. The van der Waals surface area contributed by atoms with Gasteiger partial charge in [-0.2, -0.15) is 5.10 Å². The Morgan fingerprint density at radius 3 is 2.40 bits per heavy atom. The van der Waals surface area contributed by atoms with Gasteiger partial charge >= 0.3 is 0 Å². The van der Waals surface area contributed by atoms with E-state index in [1.807, 2.05) is 55.1 Å². The zero-order chi connectivity index (χ0) is 28.5. The van der Waals surface area contributed by atoms with Crippen molar-refractivity contribution in [3.8, 4) is 17.2 Å². The van der Waals surface area contributed by atoms with Gasteiger partial charge in [-0.15, -0.1) is 0 Å². The van der Waals surface area contributed by atoms with E-state index in [0.717, 1.165) is 66.5 Å². The van der Waals surface area contributed by atoms with Crippen LogP contribution in [0.25, 0.3) is 55.1 Å². The number of nitrogens with zero attached hydrogens (tertiary/aromatic N) is 6. The maximum atomic E-state index is 6.52. The number of para-hydroxylation sites is 2. The Morgan fingerprint density at radius 1 is 0.786 bits per heavy atom. The first-order valence-electron chi connectivity index (χ1n) is 14.2. The van der Waals surface area contributed by atoms with Gasteiger partial charge in [0.25, 0.3) is 0 Å². The van der Waals surface area contributed by atoms with E-state index in [0.29, 0.717) is 17.4 Å². The van der Waals surface area contributed by atoms with Crippen molar-refractivity contribution in [2.75, 3.05) is 0 Å². The maximum Gasteiger partial charge on any atom is 0.150 e. The first-order chi connectivity index (χ1) is 20.5. The van der Waals surface area contributed by atoms with Gasteiger partial charge in [-0.25, -0.2) is 9.67 Å². The van der Waals surface area contributed by atoms with E-state index in [1.165, 1.54) is 5.56 Å². The van der Waals surface area contributed by atoms with Gasteiger partial charge in [0.2, 0.25) is 0 Å². The van der Waals surface area contributed by atoms with E-state index in [-0.39, 0.29) is 0 Å². The fraction of sp³-hybridized carbons (Fsp3) is 0.143. The van der Waals surface area contributed by atoms with Crippen LogP contribution >= 0.6 is 0 Å². The third kappa shape index (κ3) is 3.66. The molecule has 0 amide bonds. The Morgan fingerprint density at radius 2 is 1.57 bits per heavy atom. The summed E-state index contributed by atoms with van der Waals surface area (Å²) >= 11 is 0. The van der Waals surface area contributed by atoms with Gasteiger partial charge in [-0.1, -0.05) is 56.3 Å². The van der Waals surface area contributed by atoms with E-state index < -0.39 is 0 Å². The third-order valence-corrected chi connectivity index (χ3v) is 8.06. The number of aromatic nitrogens is 6. The number of benzene rings is 3. The number of imidazole rings is 1. The summed E-state index contributed by atoms with van der Waals surface area (Å²) < 4.78 is 10.6. The second kappa shape index (κ2) is 9.11. The summed E-state index contributed by atoms with van der Waals surface area (Å²) in [5, 5.41) is 7.93. The first-order valence-corrected chi connectivity index (χ1v) is 14.2. The van der Waals surface area contributed by atoms with Crippen molar-refractivity contribution in [2.45, 2.75) is 33.6 Å². The number of hydrogen-bond acceptors (Lipinski definition) is 5. The second-order valence-corrected chi connectivity index (χ2v) is 11.1. The molecule has 0 fully saturated rings. The highest BCUT2D eigenvalue weighted by molar-refractivity contribution is 6.13. The van der Waals surface area contributed by atoms with Crippen LogP contribution in [0.1, 0.15) is 36.7 Å². The predicted molar refractivity (Wildman–Crippen MR) is 168 cm³/mol. The summed E-state index contributed by atoms with van der Waals surface area (Å²) in [5.41, 5.74) is 9.64. The van der Waals surface area contributed by atoms with Crippen molar-refractivity contribution < 1.29 is 4.74 Å². The molecule has 204 valence electrons. The second-order valence-electron chi connectivity index (χ2n) is 11.1. The molecule has 8 aromatic rings. The Labute approximate surface area is 242 Å². The van der Waals surface area contributed by atoms with Crippen molar-refractivity contribution in [3.05, 3.63) is 108 Å². The molecule has 0 aliphatic carbocycles. The lowest BCUT2D eigenvalue weighted by molar-refractivity contribution is 0.473. The van der Waals surface area contributed by atoms with Gasteiger partial charge in [0, 0.05) is 28.4 Å². The van der Waals surface area contributed by atoms with Crippen LogP contribution in [0.15, 0.2) is 91.3 Å². The zero-order valence-corrected chi connectivity index (χ0v) is 23.8. The summed E-state index contributed by atoms with van der Waals surface area (Å²) in [6, 6.07) is 26.9. The number of fused-ring (bicyclic) bond motifs is 9. The van der Waals surface area contributed by atoms with Crippen molar-refractivity contribution in [3.63, 3.8) is 0 Å². The SMILES string of the molecule is Cc1nc(C)c(-n2cc3ccccc3n2)cc1Oc1cnc2c(c1)c1nc3ccccc3n1c1cccc(C(C)C)c21. The molecule has 0 N–H and O–H groups in total. The van der Waals surface area contributed by atoms with Crippen LogP contribution in [0.2, 0.25) is 0 Å². The number of rotatable bonds is 4. The molecule has 0 aliphatic rings. The van der Waals surface area contributed by atoms with E-state index >= 15 is 0 Å². The highest BCUT2D eigenvalue weighted by Gasteiger charge is 2.19. The van der Waals surface area contributed by atoms with E-state index in [1.54, 1.807) is 6.20 Å². The minimum absolute atomic E-state index is 0.334. The van der Waals surface area contributed by atoms with Gasteiger partial charge in [0.05, 0.1) is 50.9 Å². The average Bonchev–Trinajstić information content (AvgIpc) is 3.60. The minimum atomic E-state index is 0.334. The molecule has 0 spiro atoms. The molecule has 8 rings (SSSR count). The molecular weight excluding hydrogens is 520 g/mol. The van der Waals surface area contributed by atoms with Crippen LogP contribution in [-0.2, 0) is 0 Å². The van der Waals surface area contributed by atoms with Gasteiger partial charge in [0.1, 0.15) is 11.4 Å². The topological polar surface area (TPSA) is 70.1 Å². The maximum absolute atomic E-state index is 6.52. The van der Waals surface area contributed by atoms with Crippen molar-refractivity contribution in [2.24, 2.45) is 0 Å². The molecule has 3 aromatic carbocycles. The van der Waals surface area contributed by atoms with Crippen LogP contribution in [0, 0.1) is 13.8 Å². The fourth-order valence-electron chi connectivity index (χ4n) is 6.05. The zero-order valence-electron chi connectivity index (χ0n) is 23.8. The van der Waals surface area contributed by atoms with Crippen molar-refractivity contribution in [1.29, 1.82) is 0 Å². The van der Waals surface area contributed by atoms with Crippen molar-refractivity contribution >= 4 is 49.4 Å². The monoisotopic (exact) mass is 548 g/mol. The van der Waals surface area contributed by atoms with Crippen LogP contribution in [0.3, 0.4) is 0 Å². The summed E-state index contributed by atoms with van der Waals surface area (Å²) in [5.74, 6) is 1.62. The molecule has 0 saturated heterocycles. The lowest BCUT2D eigenvalue weighted by Crippen LogP contribution is -2.03. The molecule has 0 atom stereocenters. The molecule has 0 unspecified atom stereocenters. The standard InChI is InChI=1S/C35H28N6O/c1-20(2)25-11-9-15-30-33(25)34-26(35-38-28-13-7-8-14-29(28)41(30)35)16-24(18-36-34)42-32-17-31(21(3)37-22(32)4)40-19-23-10-5-6-12-27(23)39-40/h5-20H,1-4H3. The largest absolute Gasteiger partial charge is 0.454 e. The number of pyridine rings is 3. The lowest BCUT2D eigenvalue weighted by atomic mass is 9.96. The molecule has 5 heterocycles. The average molecular weight is 549 g/mol. The molecular formula is C35H28N6O. The van der Waals surface area contributed by atoms with Gasteiger partial charge in [-0.3, -0.25) is 14.4 Å². The van der Waals surface area contributed by atoms with Crippen LogP contribution < -0.4 is 4.74 Å². The lowest BCUT2D eigenvalue weighted by Gasteiger charge is -2.16. The summed E-state index contributed by atoms with van der Waals surface area (Å²) in [6.07, 6.45) is 3.83. The number of aryl methyl sites for hydroxylation is 2. The Balaban J connectivity index is 1.33.